The van der Waals surface area contributed by atoms with Gasteiger partial charge in [-0.1, -0.05) is 24.3 Å². The summed E-state index contributed by atoms with van der Waals surface area (Å²) in [7, 11) is -3.41. The van der Waals surface area contributed by atoms with Crippen molar-refractivity contribution in [3.63, 3.8) is 0 Å². The Labute approximate surface area is 220 Å². The molecular weight excluding hydrogens is 503 g/mol. The second-order valence-corrected chi connectivity index (χ2v) is 11.4. The van der Waals surface area contributed by atoms with Crippen LogP contribution in [-0.2, 0) is 23.0 Å². The first-order valence-corrected chi connectivity index (χ1v) is 14.4. The number of para-hydroxylation sites is 1. The van der Waals surface area contributed by atoms with E-state index in [1.807, 2.05) is 18.2 Å². The summed E-state index contributed by atoms with van der Waals surface area (Å²) in [4.78, 5) is 18.1. The standard InChI is InChI=1S/C28H27FN6O2S/c1-38(36,37)32-16-17-13-20(15-21(29)14-17)22-3-2-4-24-26(22)35-28(34-24)27-25-19(9-12-31-27)5-6-23(33-25)18-7-10-30-11-8-18/h2-7,13-15,30,32H,8-12,16H2,1H3,(H,34,35). The number of nitrogens with one attached hydrogen (secondary N) is 3. The summed E-state index contributed by atoms with van der Waals surface area (Å²) in [5.41, 5.74) is 8.26. The average Bonchev–Trinajstić information content (AvgIpc) is 3.35. The van der Waals surface area contributed by atoms with E-state index in [1.54, 1.807) is 6.07 Å². The number of benzene rings is 2. The van der Waals surface area contributed by atoms with Crippen molar-refractivity contribution in [2.24, 2.45) is 4.99 Å². The topological polar surface area (TPSA) is 112 Å². The van der Waals surface area contributed by atoms with Crippen LogP contribution >= 0.6 is 0 Å². The number of halogens is 1. The fourth-order valence-corrected chi connectivity index (χ4v) is 5.41. The second-order valence-electron chi connectivity index (χ2n) is 9.60. The number of imidazole rings is 1. The van der Waals surface area contributed by atoms with E-state index in [4.69, 9.17) is 15.0 Å². The van der Waals surface area contributed by atoms with E-state index < -0.39 is 15.8 Å². The number of aromatic nitrogens is 3. The Morgan fingerprint density at radius 3 is 2.79 bits per heavy atom. The molecule has 194 valence electrons. The number of H-pyrrole nitrogens is 1. The second kappa shape index (κ2) is 9.86. The van der Waals surface area contributed by atoms with Crippen LogP contribution in [0, 0.1) is 5.82 Å². The van der Waals surface area contributed by atoms with Crippen molar-refractivity contribution < 1.29 is 12.8 Å². The van der Waals surface area contributed by atoms with Gasteiger partial charge in [0.25, 0.3) is 0 Å². The van der Waals surface area contributed by atoms with Crippen LogP contribution in [0.2, 0.25) is 0 Å². The molecule has 0 fully saturated rings. The van der Waals surface area contributed by atoms with E-state index >= 15 is 0 Å². The Balaban J connectivity index is 1.40. The molecule has 0 unspecified atom stereocenters. The molecular formula is C28H27FN6O2S. The monoisotopic (exact) mass is 530 g/mol. The molecule has 4 aromatic rings. The maximum absolute atomic E-state index is 14.5. The first-order valence-electron chi connectivity index (χ1n) is 12.5. The molecule has 0 amide bonds. The average molecular weight is 531 g/mol. The van der Waals surface area contributed by atoms with Crippen molar-refractivity contribution in [1.82, 2.24) is 25.0 Å². The van der Waals surface area contributed by atoms with Gasteiger partial charge in [0.15, 0.2) is 5.82 Å². The number of hydrogen-bond acceptors (Lipinski definition) is 6. The molecule has 10 heteroatoms. The van der Waals surface area contributed by atoms with Gasteiger partial charge in [-0.05, 0) is 72.0 Å². The van der Waals surface area contributed by atoms with Crippen molar-refractivity contribution in [3.8, 4) is 11.1 Å². The minimum Gasteiger partial charge on any atom is -0.337 e. The zero-order valence-electron chi connectivity index (χ0n) is 20.9. The molecule has 38 heavy (non-hydrogen) atoms. The van der Waals surface area contributed by atoms with Gasteiger partial charge in [0.05, 0.1) is 28.7 Å². The highest BCUT2D eigenvalue weighted by Gasteiger charge is 2.23. The third-order valence-corrected chi connectivity index (χ3v) is 7.46. The van der Waals surface area contributed by atoms with Gasteiger partial charge in [0.1, 0.15) is 11.5 Å². The minimum atomic E-state index is -3.41. The summed E-state index contributed by atoms with van der Waals surface area (Å²) >= 11 is 0. The van der Waals surface area contributed by atoms with Gasteiger partial charge in [-0.3, -0.25) is 4.99 Å². The summed E-state index contributed by atoms with van der Waals surface area (Å²) in [5, 5.41) is 3.34. The van der Waals surface area contributed by atoms with Crippen molar-refractivity contribution in [3.05, 3.63) is 88.8 Å². The van der Waals surface area contributed by atoms with Crippen LogP contribution in [0.1, 0.15) is 34.8 Å². The summed E-state index contributed by atoms with van der Waals surface area (Å²) in [5.74, 6) is 0.169. The first kappa shape index (κ1) is 24.6. The molecule has 0 aliphatic carbocycles. The van der Waals surface area contributed by atoms with Crippen molar-refractivity contribution in [2.75, 3.05) is 25.9 Å². The minimum absolute atomic E-state index is 0.000521. The molecule has 3 N–H and O–H groups in total. The van der Waals surface area contributed by atoms with E-state index in [2.05, 4.69) is 33.2 Å². The first-order chi connectivity index (χ1) is 18.3. The molecule has 0 spiro atoms. The van der Waals surface area contributed by atoms with Crippen LogP contribution in [0.4, 0.5) is 4.39 Å². The summed E-state index contributed by atoms with van der Waals surface area (Å²) in [6.45, 7) is 2.43. The molecule has 2 aliphatic rings. The van der Waals surface area contributed by atoms with E-state index in [0.717, 1.165) is 65.9 Å². The van der Waals surface area contributed by atoms with Crippen molar-refractivity contribution in [1.29, 1.82) is 0 Å². The summed E-state index contributed by atoms with van der Waals surface area (Å²) < 4.78 is 40.0. The SMILES string of the molecule is CS(=O)(=O)NCc1cc(F)cc(-c2cccc3[nH]c(C4=NCCc5ccc(C6=CCNCC6)nc54)nc23)c1. The Bertz CT molecular complexity index is 1720. The highest BCUT2D eigenvalue weighted by Crippen LogP contribution is 2.30. The van der Waals surface area contributed by atoms with Gasteiger partial charge < -0.3 is 10.3 Å². The Morgan fingerprint density at radius 1 is 1.08 bits per heavy atom. The molecule has 4 heterocycles. The van der Waals surface area contributed by atoms with E-state index in [9.17, 15) is 12.8 Å². The van der Waals surface area contributed by atoms with Gasteiger partial charge in [0.2, 0.25) is 10.0 Å². The summed E-state index contributed by atoms with van der Waals surface area (Å²) in [6.07, 6.45) is 5.02. The van der Waals surface area contributed by atoms with Gasteiger partial charge in [0, 0.05) is 25.2 Å². The number of pyridine rings is 1. The smallest absolute Gasteiger partial charge is 0.209 e. The van der Waals surface area contributed by atoms with Gasteiger partial charge in [-0.2, -0.15) is 0 Å². The summed E-state index contributed by atoms with van der Waals surface area (Å²) in [6, 6.07) is 14.5. The zero-order chi connectivity index (χ0) is 26.3. The van der Waals surface area contributed by atoms with Crippen LogP contribution in [-0.4, -0.2) is 55.0 Å². The van der Waals surface area contributed by atoms with Crippen molar-refractivity contribution in [2.45, 2.75) is 19.4 Å². The van der Waals surface area contributed by atoms with Crippen LogP contribution in [0.25, 0.3) is 27.7 Å². The Kier molecular flexibility index (Phi) is 6.38. The molecule has 0 atom stereocenters. The third kappa shape index (κ3) is 5.02. The number of aromatic amines is 1. The lowest BCUT2D eigenvalue weighted by atomic mass is 9.99. The molecule has 2 aromatic heterocycles. The Morgan fingerprint density at radius 2 is 1.97 bits per heavy atom. The molecule has 2 aliphatic heterocycles. The van der Waals surface area contributed by atoms with Crippen LogP contribution in [0.15, 0.2) is 59.6 Å². The maximum Gasteiger partial charge on any atom is 0.209 e. The quantitative estimate of drug-likeness (QED) is 0.353. The van der Waals surface area contributed by atoms with Gasteiger partial charge in [-0.25, -0.2) is 27.5 Å². The highest BCUT2D eigenvalue weighted by atomic mass is 32.2. The fourth-order valence-electron chi connectivity index (χ4n) is 4.98. The lowest BCUT2D eigenvalue weighted by Gasteiger charge is -2.18. The molecule has 0 saturated heterocycles. The number of hydrogen-bond donors (Lipinski definition) is 3. The van der Waals surface area contributed by atoms with Gasteiger partial charge >= 0.3 is 0 Å². The van der Waals surface area contributed by atoms with Gasteiger partial charge in [-0.15, -0.1) is 0 Å². The number of rotatable bonds is 6. The molecule has 0 saturated carbocycles. The molecule has 6 rings (SSSR count). The maximum atomic E-state index is 14.5. The number of aliphatic imine (C=N–C) groups is 1. The Hall–Kier alpha value is -3.73. The fraction of sp³-hybridized carbons (Fsp3) is 0.250. The largest absolute Gasteiger partial charge is 0.337 e. The third-order valence-electron chi connectivity index (χ3n) is 6.79. The number of sulfonamides is 1. The molecule has 0 bridgehead atoms. The lowest BCUT2D eigenvalue weighted by Crippen LogP contribution is -2.22. The lowest BCUT2D eigenvalue weighted by molar-refractivity contribution is 0.586. The van der Waals surface area contributed by atoms with E-state index in [-0.39, 0.29) is 6.54 Å². The predicted molar refractivity (Wildman–Crippen MR) is 147 cm³/mol. The molecule has 0 radical (unpaired) electrons. The van der Waals surface area contributed by atoms with E-state index in [0.29, 0.717) is 29.0 Å². The van der Waals surface area contributed by atoms with E-state index in [1.165, 1.54) is 17.7 Å². The molecule has 8 nitrogen and oxygen atoms in total. The predicted octanol–water partition coefficient (Wildman–Crippen LogP) is 3.58. The highest BCUT2D eigenvalue weighted by molar-refractivity contribution is 7.88. The van der Waals surface area contributed by atoms with Crippen LogP contribution < -0.4 is 10.0 Å². The normalized spacial score (nSPS) is 15.7. The molecule has 2 aromatic carbocycles. The zero-order valence-corrected chi connectivity index (χ0v) is 21.7. The van der Waals surface area contributed by atoms with Crippen LogP contribution in [0.3, 0.4) is 0 Å². The number of nitrogens with zero attached hydrogens (tertiary/aromatic N) is 3. The van der Waals surface area contributed by atoms with Crippen molar-refractivity contribution >= 4 is 32.3 Å². The number of fused-ring (bicyclic) bond motifs is 2. The van der Waals surface area contributed by atoms with Crippen LogP contribution in [0.5, 0.6) is 0 Å².